The topological polar surface area (TPSA) is 54.3 Å². The monoisotopic (exact) mass is 278 g/mol. The first-order valence-corrected chi connectivity index (χ1v) is 7.62. The molecule has 1 amide bonds. The Morgan fingerprint density at radius 2 is 2.30 bits per heavy atom. The van der Waals surface area contributed by atoms with Crippen LogP contribution in [0.4, 0.5) is 0 Å². The van der Waals surface area contributed by atoms with Crippen LogP contribution in [0, 0.1) is 19.8 Å². The maximum absolute atomic E-state index is 12.4. The van der Waals surface area contributed by atoms with Gasteiger partial charge in [0.15, 0.2) is 0 Å². The van der Waals surface area contributed by atoms with E-state index in [9.17, 15) is 4.79 Å². The summed E-state index contributed by atoms with van der Waals surface area (Å²) in [5.41, 5.74) is 1.07. The molecular weight excluding hydrogens is 252 g/mol. The van der Waals surface area contributed by atoms with Crippen LogP contribution in [0.1, 0.15) is 56.2 Å². The summed E-state index contributed by atoms with van der Waals surface area (Å²) in [5.74, 6) is 2.55. The first-order valence-electron chi connectivity index (χ1n) is 7.62. The summed E-state index contributed by atoms with van der Waals surface area (Å²) in [6, 6.07) is 1.94. The van der Waals surface area contributed by atoms with Gasteiger partial charge < -0.3 is 15.1 Å². The van der Waals surface area contributed by atoms with Crippen molar-refractivity contribution in [3.63, 3.8) is 0 Å². The molecule has 4 heteroatoms. The molecular formula is C16H26N2O2. The summed E-state index contributed by atoms with van der Waals surface area (Å²) in [7, 11) is 0. The van der Waals surface area contributed by atoms with Gasteiger partial charge >= 0.3 is 0 Å². The van der Waals surface area contributed by atoms with Crippen LogP contribution in [0.15, 0.2) is 10.5 Å². The van der Waals surface area contributed by atoms with E-state index in [-0.39, 0.29) is 18.0 Å². The minimum Gasteiger partial charge on any atom is -0.466 e. The highest BCUT2D eigenvalue weighted by Gasteiger charge is 2.27. The molecule has 3 atom stereocenters. The van der Waals surface area contributed by atoms with Crippen LogP contribution in [0.3, 0.4) is 0 Å². The number of furan rings is 1. The zero-order valence-electron chi connectivity index (χ0n) is 13.0. The quantitative estimate of drug-likeness (QED) is 0.890. The molecule has 0 aromatic carbocycles. The maximum atomic E-state index is 12.4. The Bertz CT molecular complexity index is 467. The van der Waals surface area contributed by atoms with Gasteiger partial charge in [-0.15, -0.1) is 0 Å². The van der Waals surface area contributed by atoms with E-state index < -0.39 is 0 Å². The lowest BCUT2D eigenvalue weighted by Crippen LogP contribution is -2.49. The Labute approximate surface area is 121 Å². The summed E-state index contributed by atoms with van der Waals surface area (Å²) in [4.78, 5) is 12.4. The van der Waals surface area contributed by atoms with E-state index in [0.29, 0.717) is 5.92 Å². The Balaban J connectivity index is 1.95. The van der Waals surface area contributed by atoms with E-state index in [1.54, 1.807) is 0 Å². The summed E-state index contributed by atoms with van der Waals surface area (Å²) >= 11 is 0. The molecule has 1 aromatic heterocycles. The minimum absolute atomic E-state index is 0.0104. The van der Waals surface area contributed by atoms with Crippen LogP contribution < -0.4 is 10.6 Å². The van der Waals surface area contributed by atoms with Crippen molar-refractivity contribution in [2.75, 3.05) is 6.54 Å². The van der Waals surface area contributed by atoms with E-state index in [1.807, 2.05) is 26.8 Å². The van der Waals surface area contributed by atoms with E-state index in [0.717, 1.165) is 36.5 Å². The second kappa shape index (κ2) is 6.44. The lowest BCUT2D eigenvalue weighted by molar-refractivity contribution is -0.124. The highest BCUT2D eigenvalue weighted by molar-refractivity contribution is 5.82. The number of piperidine rings is 1. The molecule has 1 saturated heterocycles. The predicted molar refractivity (Wildman–Crippen MR) is 79.5 cm³/mol. The number of nitrogens with one attached hydrogen (secondary N) is 2. The largest absolute Gasteiger partial charge is 0.466 e. The van der Waals surface area contributed by atoms with Gasteiger partial charge in [-0.2, -0.15) is 0 Å². The number of aryl methyl sites for hydroxylation is 2. The van der Waals surface area contributed by atoms with Gasteiger partial charge in [0.25, 0.3) is 0 Å². The van der Waals surface area contributed by atoms with Gasteiger partial charge in [0.2, 0.25) is 5.91 Å². The van der Waals surface area contributed by atoms with Gasteiger partial charge in [-0.25, -0.2) is 0 Å². The van der Waals surface area contributed by atoms with E-state index >= 15 is 0 Å². The fraction of sp³-hybridized carbons (Fsp3) is 0.688. The summed E-state index contributed by atoms with van der Waals surface area (Å²) < 4.78 is 5.53. The maximum Gasteiger partial charge on any atom is 0.237 e. The molecule has 2 rings (SSSR count). The lowest BCUT2D eigenvalue weighted by Gasteiger charge is -2.29. The lowest BCUT2D eigenvalue weighted by atomic mass is 9.90. The van der Waals surface area contributed by atoms with Crippen molar-refractivity contribution in [2.24, 2.45) is 5.92 Å². The molecule has 2 heterocycles. The molecule has 0 radical (unpaired) electrons. The molecule has 0 spiro atoms. The molecule has 1 aliphatic rings. The van der Waals surface area contributed by atoms with Crippen molar-refractivity contribution in [3.05, 3.63) is 23.2 Å². The van der Waals surface area contributed by atoms with Crippen LogP contribution in [0.5, 0.6) is 0 Å². The molecule has 112 valence electrons. The van der Waals surface area contributed by atoms with Crippen LogP contribution >= 0.6 is 0 Å². The van der Waals surface area contributed by atoms with Crippen molar-refractivity contribution < 1.29 is 9.21 Å². The van der Waals surface area contributed by atoms with Crippen molar-refractivity contribution in [2.45, 2.75) is 59.0 Å². The Kier molecular flexibility index (Phi) is 4.86. The number of rotatable bonds is 4. The Morgan fingerprint density at radius 3 is 2.90 bits per heavy atom. The highest BCUT2D eigenvalue weighted by Crippen LogP contribution is 2.23. The first kappa shape index (κ1) is 15.1. The molecule has 4 nitrogen and oxygen atoms in total. The van der Waals surface area contributed by atoms with Crippen LogP contribution in [-0.2, 0) is 4.79 Å². The third-order valence-electron chi connectivity index (χ3n) is 4.31. The number of hydrogen-bond acceptors (Lipinski definition) is 3. The zero-order chi connectivity index (χ0) is 14.7. The average Bonchev–Trinajstić information content (AvgIpc) is 2.77. The second-order valence-electron chi connectivity index (χ2n) is 5.90. The van der Waals surface area contributed by atoms with Gasteiger partial charge in [0.1, 0.15) is 11.5 Å². The molecule has 20 heavy (non-hydrogen) atoms. The average molecular weight is 278 g/mol. The summed E-state index contributed by atoms with van der Waals surface area (Å²) in [6.07, 6.45) is 3.27. The fourth-order valence-electron chi connectivity index (χ4n) is 3.04. The van der Waals surface area contributed by atoms with E-state index in [4.69, 9.17) is 4.42 Å². The number of carbonyl (C=O) groups excluding carboxylic acids is 1. The van der Waals surface area contributed by atoms with Crippen molar-refractivity contribution in [3.8, 4) is 0 Å². The molecule has 1 fully saturated rings. The molecule has 2 N–H and O–H groups in total. The highest BCUT2D eigenvalue weighted by atomic mass is 16.3. The van der Waals surface area contributed by atoms with Crippen molar-refractivity contribution >= 4 is 5.91 Å². The Hall–Kier alpha value is -1.29. The normalized spacial score (nSPS) is 24.4. The SMILES string of the molecule is CCC1CCNC(C(=O)NC(C)c2cc(C)oc2C)C1. The van der Waals surface area contributed by atoms with Gasteiger partial charge in [-0.3, -0.25) is 4.79 Å². The first-order chi connectivity index (χ1) is 9.51. The third-order valence-corrected chi connectivity index (χ3v) is 4.31. The van der Waals surface area contributed by atoms with Crippen LogP contribution in [0.2, 0.25) is 0 Å². The van der Waals surface area contributed by atoms with Gasteiger partial charge in [0.05, 0.1) is 12.1 Å². The molecule has 0 aliphatic carbocycles. The zero-order valence-corrected chi connectivity index (χ0v) is 13.0. The molecule has 0 saturated carbocycles. The molecule has 3 unspecified atom stereocenters. The Morgan fingerprint density at radius 1 is 1.55 bits per heavy atom. The minimum atomic E-state index is -0.0514. The fourth-order valence-corrected chi connectivity index (χ4v) is 3.04. The van der Waals surface area contributed by atoms with Gasteiger partial charge in [-0.05, 0) is 52.1 Å². The van der Waals surface area contributed by atoms with Crippen LogP contribution in [-0.4, -0.2) is 18.5 Å². The second-order valence-corrected chi connectivity index (χ2v) is 5.90. The van der Waals surface area contributed by atoms with Crippen molar-refractivity contribution in [1.82, 2.24) is 10.6 Å². The number of hydrogen-bond donors (Lipinski definition) is 2. The standard InChI is InChI=1S/C16H26N2O2/c1-5-13-6-7-17-15(9-13)16(19)18-11(3)14-8-10(2)20-12(14)4/h8,11,13,15,17H,5-7,9H2,1-4H3,(H,18,19). The van der Waals surface area contributed by atoms with Crippen molar-refractivity contribution in [1.29, 1.82) is 0 Å². The number of amides is 1. The summed E-state index contributed by atoms with van der Waals surface area (Å²) in [6.45, 7) is 9.02. The smallest absolute Gasteiger partial charge is 0.237 e. The predicted octanol–water partition coefficient (Wildman–Crippen LogP) is 2.85. The van der Waals surface area contributed by atoms with E-state index in [2.05, 4.69) is 17.6 Å². The summed E-state index contributed by atoms with van der Waals surface area (Å²) in [5, 5.41) is 6.43. The van der Waals surface area contributed by atoms with Gasteiger partial charge in [0, 0.05) is 5.56 Å². The molecule has 1 aromatic rings. The van der Waals surface area contributed by atoms with Gasteiger partial charge in [-0.1, -0.05) is 13.3 Å². The van der Waals surface area contributed by atoms with E-state index in [1.165, 1.54) is 6.42 Å². The number of carbonyl (C=O) groups is 1. The van der Waals surface area contributed by atoms with Crippen LogP contribution in [0.25, 0.3) is 0 Å². The molecule has 1 aliphatic heterocycles. The molecule has 0 bridgehead atoms. The third kappa shape index (κ3) is 3.42.